The van der Waals surface area contributed by atoms with E-state index in [1.54, 1.807) is 42.7 Å². The summed E-state index contributed by atoms with van der Waals surface area (Å²) in [7, 11) is -3.53. The third kappa shape index (κ3) is 6.62. The van der Waals surface area contributed by atoms with E-state index < -0.39 is 10.0 Å². The summed E-state index contributed by atoms with van der Waals surface area (Å²) in [5, 5.41) is 5.45. The van der Waals surface area contributed by atoms with Crippen LogP contribution < -0.4 is 15.4 Å². The summed E-state index contributed by atoms with van der Waals surface area (Å²) in [5.41, 5.74) is 3.66. The molecule has 29 heavy (non-hydrogen) atoms. The lowest BCUT2D eigenvalue weighted by atomic mass is 10.2. The molecular weight excluding hydrogens is 388 g/mol. The molecule has 0 fully saturated rings. The highest BCUT2D eigenvalue weighted by Crippen LogP contribution is 2.17. The molecule has 150 valence electrons. The normalized spacial score (nSPS) is 10.9. The largest absolute Gasteiger partial charge is 0.334 e. The highest BCUT2D eigenvalue weighted by molar-refractivity contribution is 7.91. The Morgan fingerprint density at radius 2 is 1.62 bits per heavy atom. The van der Waals surface area contributed by atoms with Crippen molar-refractivity contribution in [2.75, 3.05) is 10.0 Å². The third-order valence-corrected chi connectivity index (χ3v) is 5.32. The molecule has 2 aromatic carbocycles. The van der Waals surface area contributed by atoms with E-state index in [9.17, 15) is 13.2 Å². The fourth-order valence-electron chi connectivity index (χ4n) is 2.72. The predicted molar refractivity (Wildman–Crippen MR) is 114 cm³/mol. The lowest BCUT2D eigenvalue weighted by Gasteiger charge is -2.11. The number of pyridine rings is 1. The van der Waals surface area contributed by atoms with Crippen LogP contribution in [0.15, 0.2) is 73.1 Å². The molecule has 0 spiro atoms. The number of anilines is 2. The molecule has 2 amide bonds. The van der Waals surface area contributed by atoms with Gasteiger partial charge in [0.15, 0.2) is 0 Å². The quantitative estimate of drug-likeness (QED) is 0.553. The van der Waals surface area contributed by atoms with Gasteiger partial charge >= 0.3 is 6.03 Å². The number of nitrogens with zero attached hydrogens (tertiary/aromatic N) is 1. The maximum absolute atomic E-state index is 12.4. The van der Waals surface area contributed by atoms with Gasteiger partial charge in [-0.1, -0.05) is 29.8 Å². The van der Waals surface area contributed by atoms with Gasteiger partial charge in [0.1, 0.15) is 0 Å². The topological polar surface area (TPSA) is 100 Å². The number of sulfonamides is 1. The van der Waals surface area contributed by atoms with Gasteiger partial charge < -0.3 is 10.6 Å². The highest BCUT2D eigenvalue weighted by atomic mass is 32.2. The Hall–Kier alpha value is -3.39. The van der Waals surface area contributed by atoms with Crippen LogP contribution in [-0.2, 0) is 22.3 Å². The Kier molecular flexibility index (Phi) is 6.46. The molecule has 1 heterocycles. The number of hydrogen-bond donors (Lipinski definition) is 3. The van der Waals surface area contributed by atoms with E-state index in [1.807, 2.05) is 37.3 Å². The van der Waals surface area contributed by atoms with Crippen molar-refractivity contribution >= 4 is 27.4 Å². The van der Waals surface area contributed by atoms with E-state index >= 15 is 0 Å². The molecule has 0 aliphatic carbocycles. The summed E-state index contributed by atoms with van der Waals surface area (Å²) in [6, 6.07) is 17.1. The zero-order valence-electron chi connectivity index (χ0n) is 15.9. The first-order valence-corrected chi connectivity index (χ1v) is 10.6. The summed E-state index contributed by atoms with van der Waals surface area (Å²) < 4.78 is 27.3. The molecule has 0 saturated heterocycles. The minimum atomic E-state index is -3.53. The first-order chi connectivity index (χ1) is 13.9. The van der Waals surface area contributed by atoms with Gasteiger partial charge in [-0.15, -0.1) is 0 Å². The van der Waals surface area contributed by atoms with Crippen LogP contribution in [0, 0.1) is 6.92 Å². The van der Waals surface area contributed by atoms with Gasteiger partial charge in [-0.25, -0.2) is 13.2 Å². The van der Waals surface area contributed by atoms with E-state index in [2.05, 4.69) is 20.3 Å². The average molecular weight is 410 g/mol. The van der Waals surface area contributed by atoms with Gasteiger partial charge in [-0.2, -0.15) is 0 Å². The van der Waals surface area contributed by atoms with E-state index in [4.69, 9.17) is 0 Å². The molecular formula is C21H22N4O3S. The molecule has 8 heteroatoms. The maximum Gasteiger partial charge on any atom is 0.319 e. The molecule has 0 atom stereocenters. The number of rotatable bonds is 7. The number of aromatic nitrogens is 1. The van der Waals surface area contributed by atoms with Gasteiger partial charge in [0, 0.05) is 30.3 Å². The number of benzene rings is 2. The summed E-state index contributed by atoms with van der Waals surface area (Å²) in [5.74, 6) is -0.105. The number of urea groups is 1. The molecule has 0 radical (unpaired) electrons. The van der Waals surface area contributed by atoms with Crippen molar-refractivity contribution in [2.24, 2.45) is 0 Å². The van der Waals surface area contributed by atoms with Gasteiger partial charge in [0.2, 0.25) is 10.0 Å². The number of hydrogen-bond acceptors (Lipinski definition) is 4. The molecule has 0 unspecified atom stereocenters. The molecule has 3 rings (SSSR count). The Morgan fingerprint density at radius 1 is 0.931 bits per heavy atom. The standard InChI is InChI=1S/C21H22N4O3S/c1-16-3-2-4-18(13-16)15-29(27,28)25-20-7-5-19(6-8-20)24-21(26)23-14-17-9-11-22-12-10-17/h2-13,25H,14-15H2,1H3,(H2,23,24,26). The van der Waals surface area contributed by atoms with E-state index in [0.717, 1.165) is 16.7 Å². The average Bonchev–Trinajstić information content (AvgIpc) is 2.68. The van der Waals surface area contributed by atoms with Gasteiger partial charge in [-0.3, -0.25) is 9.71 Å². The van der Waals surface area contributed by atoms with Crippen molar-refractivity contribution in [1.82, 2.24) is 10.3 Å². The van der Waals surface area contributed by atoms with Crippen molar-refractivity contribution in [3.63, 3.8) is 0 Å². The molecule has 0 saturated carbocycles. The van der Waals surface area contributed by atoms with Crippen LogP contribution in [0.25, 0.3) is 0 Å². The van der Waals surface area contributed by atoms with Gasteiger partial charge in [0.25, 0.3) is 0 Å². The van der Waals surface area contributed by atoms with Crippen molar-refractivity contribution in [1.29, 1.82) is 0 Å². The SMILES string of the molecule is Cc1cccc(CS(=O)(=O)Nc2ccc(NC(=O)NCc3ccncc3)cc2)c1. The number of aryl methyl sites for hydroxylation is 1. The Balaban J connectivity index is 1.53. The Labute approximate surface area is 170 Å². The van der Waals surface area contributed by atoms with Crippen molar-refractivity contribution in [2.45, 2.75) is 19.2 Å². The van der Waals surface area contributed by atoms with Crippen LogP contribution in [0.2, 0.25) is 0 Å². The molecule has 0 bridgehead atoms. The van der Waals surface area contributed by atoms with Crippen LogP contribution in [0.1, 0.15) is 16.7 Å². The van der Waals surface area contributed by atoms with E-state index in [0.29, 0.717) is 17.9 Å². The number of carbonyl (C=O) groups is 1. The van der Waals surface area contributed by atoms with Crippen LogP contribution >= 0.6 is 0 Å². The second-order valence-corrected chi connectivity index (χ2v) is 8.31. The number of amides is 2. The van der Waals surface area contributed by atoms with E-state index in [-0.39, 0.29) is 11.8 Å². The smallest absolute Gasteiger partial charge is 0.319 e. The number of carbonyl (C=O) groups excluding carboxylic acids is 1. The molecule has 0 aliphatic heterocycles. The maximum atomic E-state index is 12.4. The minimum Gasteiger partial charge on any atom is -0.334 e. The first-order valence-electron chi connectivity index (χ1n) is 8.99. The first kappa shape index (κ1) is 20.3. The van der Waals surface area contributed by atoms with Crippen LogP contribution in [0.4, 0.5) is 16.2 Å². The molecule has 0 aliphatic rings. The summed E-state index contributed by atoms with van der Waals surface area (Å²) in [4.78, 5) is 15.9. The van der Waals surface area contributed by atoms with Crippen LogP contribution in [0.3, 0.4) is 0 Å². The van der Waals surface area contributed by atoms with Gasteiger partial charge in [0.05, 0.1) is 5.75 Å². The zero-order chi connectivity index (χ0) is 20.7. The summed E-state index contributed by atoms with van der Waals surface area (Å²) >= 11 is 0. The van der Waals surface area contributed by atoms with E-state index in [1.165, 1.54) is 0 Å². The van der Waals surface area contributed by atoms with Crippen molar-refractivity contribution < 1.29 is 13.2 Å². The van der Waals surface area contributed by atoms with Crippen LogP contribution in [0.5, 0.6) is 0 Å². The second-order valence-electron chi connectivity index (χ2n) is 6.59. The zero-order valence-corrected chi connectivity index (χ0v) is 16.7. The predicted octanol–water partition coefficient (Wildman–Crippen LogP) is 3.65. The molecule has 7 nitrogen and oxygen atoms in total. The monoisotopic (exact) mass is 410 g/mol. The van der Waals surface area contributed by atoms with Gasteiger partial charge in [-0.05, 0) is 54.4 Å². The molecule has 1 aromatic heterocycles. The third-order valence-electron chi connectivity index (χ3n) is 4.06. The fourth-order valence-corrected chi connectivity index (χ4v) is 3.90. The Bertz CT molecular complexity index is 1070. The fraction of sp³-hybridized carbons (Fsp3) is 0.143. The lowest BCUT2D eigenvalue weighted by molar-refractivity contribution is 0.251. The molecule has 3 aromatic rings. The molecule has 3 N–H and O–H groups in total. The summed E-state index contributed by atoms with van der Waals surface area (Å²) in [6.45, 7) is 2.30. The highest BCUT2D eigenvalue weighted by Gasteiger charge is 2.12. The minimum absolute atomic E-state index is 0.105. The van der Waals surface area contributed by atoms with Crippen molar-refractivity contribution in [3.05, 3.63) is 89.7 Å². The number of nitrogens with one attached hydrogen (secondary N) is 3. The Morgan fingerprint density at radius 3 is 2.31 bits per heavy atom. The summed E-state index contributed by atoms with van der Waals surface area (Å²) in [6.07, 6.45) is 3.32. The second kappa shape index (κ2) is 9.20. The van der Waals surface area contributed by atoms with Crippen LogP contribution in [-0.4, -0.2) is 19.4 Å². The lowest BCUT2D eigenvalue weighted by Crippen LogP contribution is -2.28. The van der Waals surface area contributed by atoms with Crippen molar-refractivity contribution in [3.8, 4) is 0 Å².